The van der Waals surface area contributed by atoms with Crippen molar-refractivity contribution in [3.05, 3.63) is 35.4 Å². The molecular formula is C14H18N2O3. The van der Waals surface area contributed by atoms with E-state index in [1.807, 2.05) is 24.3 Å². The molecule has 1 aliphatic rings. The molecule has 1 atom stereocenters. The molecule has 1 amide bonds. The summed E-state index contributed by atoms with van der Waals surface area (Å²) in [5, 5.41) is 9.31. The molecule has 1 aliphatic heterocycles. The van der Waals surface area contributed by atoms with E-state index in [4.69, 9.17) is 0 Å². The molecule has 1 N–H and O–H groups in total. The summed E-state index contributed by atoms with van der Waals surface area (Å²) in [6.07, 6.45) is 0.380. The minimum Gasteiger partial charge on any atom is -0.480 e. The molecule has 0 spiro atoms. The van der Waals surface area contributed by atoms with Crippen LogP contribution in [0.3, 0.4) is 0 Å². The van der Waals surface area contributed by atoms with Gasteiger partial charge in [-0.15, -0.1) is 0 Å². The van der Waals surface area contributed by atoms with E-state index in [0.29, 0.717) is 13.0 Å². The van der Waals surface area contributed by atoms with Gasteiger partial charge in [-0.05, 0) is 25.2 Å². The first-order valence-corrected chi connectivity index (χ1v) is 6.23. The Morgan fingerprint density at radius 1 is 1.32 bits per heavy atom. The molecule has 0 saturated heterocycles. The first kappa shape index (κ1) is 13.5. The van der Waals surface area contributed by atoms with Gasteiger partial charge in [-0.25, -0.2) is 4.79 Å². The Morgan fingerprint density at radius 3 is 2.53 bits per heavy atom. The maximum Gasteiger partial charge on any atom is 0.326 e. The van der Waals surface area contributed by atoms with Gasteiger partial charge in [0.15, 0.2) is 0 Å². The fraction of sp³-hybridized carbons (Fsp3) is 0.429. The van der Waals surface area contributed by atoms with Crippen molar-refractivity contribution in [3.63, 3.8) is 0 Å². The first-order valence-electron chi connectivity index (χ1n) is 6.23. The van der Waals surface area contributed by atoms with Gasteiger partial charge in [0.25, 0.3) is 0 Å². The van der Waals surface area contributed by atoms with E-state index < -0.39 is 12.0 Å². The van der Waals surface area contributed by atoms with E-state index in [0.717, 1.165) is 11.1 Å². The SMILES string of the molecule is CN(C)CC(=O)N1Cc2ccccc2C[C@@H]1C(=O)O. The van der Waals surface area contributed by atoms with Crippen molar-refractivity contribution in [2.75, 3.05) is 20.6 Å². The zero-order chi connectivity index (χ0) is 14.0. The van der Waals surface area contributed by atoms with Gasteiger partial charge in [0.2, 0.25) is 5.91 Å². The van der Waals surface area contributed by atoms with Crippen LogP contribution in [0.25, 0.3) is 0 Å². The van der Waals surface area contributed by atoms with E-state index in [2.05, 4.69) is 0 Å². The average molecular weight is 262 g/mol. The summed E-state index contributed by atoms with van der Waals surface area (Å²) in [7, 11) is 3.59. The van der Waals surface area contributed by atoms with Gasteiger partial charge in [0.1, 0.15) is 6.04 Å². The van der Waals surface area contributed by atoms with Crippen LogP contribution in [0, 0.1) is 0 Å². The second-order valence-electron chi connectivity index (χ2n) is 5.09. The Morgan fingerprint density at radius 2 is 1.95 bits per heavy atom. The Bertz CT molecular complexity index is 499. The van der Waals surface area contributed by atoms with Gasteiger partial charge < -0.3 is 14.9 Å². The fourth-order valence-electron chi connectivity index (χ4n) is 2.37. The van der Waals surface area contributed by atoms with Crippen molar-refractivity contribution in [2.45, 2.75) is 19.0 Å². The normalized spacial score (nSPS) is 18.3. The summed E-state index contributed by atoms with van der Waals surface area (Å²) in [6, 6.07) is 6.92. The number of carboxylic acid groups (broad SMARTS) is 1. The van der Waals surface area contributed by atoms with Gasteiger partial charge in [0.05, 0.1) is 6.54 Å². The predicted octanol–water partition coefficient (Wildman–Crippen LogP) is 0.586. The summed E-state index contributed by atoms with van der Waals surface area (Å²) in [5.41, 5.74) is 2.05. The molecule has 0 aromatic heterocycles. The summed E-state index contributed by atoms with van der Waals surface area (Å²) in [5.74, 6) is -1.09. The van der Waals surface area contributed by atoms with Crippen LogP contribution >= 0.6 is 0 Å². The van der Waals surface area contributed by atoms with Crippen LogP contribution in [-0.2, 0) is 22.6 Å². The molecule has 0 saturated carbocycles. The molecule has 0 radical (unpaired) electrons. The zero-order valence-corrected chi connectivity index (χ0v) is 11.2. The Balaban J connectivity index is 2.26. The Labute approximate surface area is 112 Å². The van der Waals surface area contributed by atoms with E-state index in [1.165, 1.54) is 4.90 Å². The lowest BCUT2D eigenvalue weighted by molar-refractivity contribution is -0.151. The predicted molar refractivity (Wildman–Crippen MR) is 70.7 cm³/mol. The highest BCUT2D eigenvalue weighted by Crippen LogP contribution is 2.23. The van der Waals surface area contributed by atoms with Crippen LogP contribution in [0.4, 0.5) is 0 Å². The van der Waals surface area contributed by atoms with Crippen molar-refractivity contribution in [1.29, 1.82) is 0 Å². The standard InChI is InChI=1S/C14H18N2O3/c1-15(2)9-13(17)16-8-11-6-4-3-5-10(11)7-12(16)14(18)19/h3-6,12H,7-9H2,1-2H3,(H,18,19)/t12-/m1/s1. The van der Waals surface area contributed by atoms with Crippen molar-refractivity contribution < 1.29 is 14.7 Å². The lowest BCUT2D eigenvalue weighted by Gasteiger charge is -2.35. The van der Waals surface area contributed by atoms with Gasteiger partial charge in [-0.1, -0.05) is 24.3 Å². The van der Waals surface area contributed by atoms with Crippen LogP contribution in [0.15, 0.2) is 24.3 Å². The second kappa shape index (κ2) is 5.40. The third kappa shape index (κ3) is 2.93. The number of fused-ring (bicyclic) bond motifs is 1. The summed E-state index contributed by atoms with van der Waals surface area (Å²) in [4.78, 5) is 26.7. The molecule has 0 fully saturated rings. The number of nitrogens with zero attached hydrogens (tertiary/aromatic N) is 2. The number of amides is 1. The molecule has 102 valence electrons. The highest BCUT2D eigenvalue weighted by Gasteiger charge is 2.34. The summed E-state index contributed by atoms with van der Waals surface area (Å²) in [6.45, 7) is 0.603. The number of carbonyl (C=O) groups excluding carboxylic acids is 1. The number of benzene rings is 1. The second-order valence-corrected chi connectivity index (χ2v) is 5.09. The van der Waals surface area contributed by atoms with Gasteiger partial charge >= 0.3 is 5.97 Å². The minimum absolute atomic E-state index is 0.146. The first-order chi connectivity index (χ1) is 8.99. The van der Waals surface area contributed by atoms with Crippen molar-refractivity contribution in [1.82, 2.24) is 9.80 Å². The molecular weight excluding hydrogens is 244 g/mol. The molecule has 0 aliphatic carbocycles. The smallest absolute Gasteiger partial charge is 0.326 e. The Kier molecular flexibility index (Phi) is 3.85. The number of hydrogen-bond donors (Lipinski definition) is 1. The molecule has 1 heterocycles. The number of carbonyl (C=O) groups is 2. The molecule has 0 bridgehead atoms. The molecule has 5 nitrogen and oxygen atoms in total. The van der Waals surface area contributed by atoms with Gasteiger partial charge in [-0.2, -0.15) is 0 Å². The van der Waals surface area contributed by atoms with Crippen molar-refractivity contribution in [2.24, 2.45) is 0 Å². The van der Waals surface area contributed by atoms with Crippen molar-refractivity contribution in [3.8, 4) is 0 Å². The van der Waals surface area contributed by atoms with Crippen LogP contribution in [0.5, 0.6) is 0 Å². The summed E-state index contributed by atoms with van der Waals surface area (Å²) < 4.78 is 0. The molecule has 1 aromatic carbocycles. The van der Waals surface area contributed by atoms with Gasteiger partial charge in [-0.3, -0.25) is 4.79 Å². The van der Waals surface area contributed by atoms with Gasteiger partial charge in [0, 0.05) is 13.0 Å². The molecule has 0 unspecified atom stereocenters. The van der Waals surface area contributed by atoms with E-state index in [9.17, 15) is 14.7 Å². The third-order valence-electron chi connectivity index (χ3n) is 3.31. The number of likely N-dealkylation sites (N-methyl/N-ethyl adjacent to an activating group) is 1. The fourth-order valence-corrected chi connectivity index (χ4v) is 2.37. The van der Waals surface area contributed by atoms with E-state index >= 15 is 0 Å². The number of rotatable bonds is 3. The molecule has 5 heteroatoms. The van der Waals surface area contributed by atoms with Crippen LogP contribution in [-0.4, -0.2) is 53.5 Å². The topological polar surface area (TPSA) is 60.9 Å². The Hall–Kier alpha value is -1.88. The van der Waals surface area contributed by atoms with E-state index in [1.54, 1.807) is 19.0 Å². The van der Waals surface area contributed by atoms with Crippen molar-refractivity contribution >= 4 is 11.9 Å². The molecule has 1 aromatic rings. The number of carboxylic acids is 1. The molecule has 19 heavy (non-hydrogen) atoms. The highest BCUT2D eigenvalue weighted by atomic mass is 16.4. The zero-order valence-electron chi connectivity index (χ0n) is 11.2. The largest absolute Gasteiger partial charge is 0.480 e. The van der Waals surface area contributed by atoms with Crippen LogP contribution in [0.2, 0.25) is 0 Å². The third-order valence-corrected chi connectivity index (χ3v) is 3.31. The summed E-state index contributed by atoms with van der Waals surface area (Å²) >= 11 is 0. The lowest BCUT2D eigenvalue weighted by Crippen LogP contribution is -2.50. The van der Waals surface area contributed by atoms with Crippen LogP contribution in [0.1, 0.15) is 11.1 Å². The maximum atomic E-state index is 12.2. The quantitative estimate of drug-likeness (QED) is 0.866. The minimum atomic E-state index is -0.943. The maximum absolute atomic E-state index is 12.2. The van der Waals surface area contributed by atoms with Crippen LogP contribution < -0.4 is 0 Å². The average Bonchev–Trinajstić information content (AvgIpc) is 2.36. The molecule has 2 rings (SSSR count). The number of hydrogen-bond acceptors (Lipinski definition) is 3. The number of aliphatic carboxylic acids is 1. The van der Waals surface area contributed by atoms with E-state index in [-0.39, 0.29) is 12.5 Å². The lowest BCUT2D eigenvalue weighted by atomic mass is 9.94. The monoisotopic (exact) mass is 262 g/mol. The highest BCUT2D eigenvalue weighted by molar-refractivity contribution is 5.85.